The molecule has 20 heavy (non-hydrogen) atoms. The number of imidazole rings is 1. The average molecular weight is 279 g/mol. The Hall–Kier alpha value is -2.08. The van der Waals surface area contributed by atoms with E-state index in [9.17, 15) is 4.39 Å². The van der Waals surface area contributed by atoms with E-state index >= 15 is 0 Å². The van der Waals surface area contributed by atoms with Crippen LogP contribution in [0.1, 0.15) is 13.0 Å². The van der Waals surface area contributed by atoms with Gasteiger partial charge >= 0.3 is 0 Å². The highest BCUT2D eigenvalue weighted by molar-refractivity contribution is 5.62. The van der Waals surface area contributed by atoms with Gasteiger partial charge in [0.05, 0.1) is 25.4 Å². The molecule has 0 saturated carbocycles. The minimum absolute atomic E-state index is 0.136. The molecule has 0 radical (unpaired) electrons. The Kier molecular flexibility index (Phi) is 4.57. The van der Waals surface area contributed by atoms with Gasteiger partial charge in [0.15, 0.2) is 0 Å². The molecule has 1 N–H and O–H groups in total. The number of benzene rings is 1. The summed E-state index contributed by atoms with van der Waals surface area (Å²) in [5.74, 6) is 0.738. The van der Waals surface area contributed by atoms with Crippen molar-refractivity contribution in [3.05, 3.63) is 36.4 Å². The molecule has 108 valence electrons. The van der Waals surface area contributed by atoms with Crippen molar-refractivity contribution in [1.29, 1.82) is 0 Å². The fourth-order valence-electron chi connectivity index (χ4n) is 1.98. The third-order valence-corrected chi connectivity index (χ3v) is 2.96. The zero-order valence-corrected chi connectivity index (χ0v) is 11.8. The van der Waals surface area contributed by atoms with Crippen molar-refractivity contribution >= 4 is 11.6 Å². The second-order valence-corrected chi connectivity index (χ2v) is 4.43. The van der Waals surface area contributed by atoms with Crippen LogP contribution >= 0.6 is 0 Å². The average Bonchev–Trinajstić information content (AvgIpc) is 2.89. The van der Waals surface area contributed by atoms with Gasteiger partial charge in [0.25, 0.3) is 0 Å². The number of hydrogen-bond acceptors (Lipinski definition) is 4. The summed E-state index contributed by atoms with van der Waals surface area (Å²) < 4.78 is 25.4. The molecule has 1 atom stereocenters. The van der Waals surface area contributed by atoms with Crippen LogP contribution in [0.3, 0.4) is 0 Å². The Labute approximate surface area is 117 Å². The Morgan fingerprint density at radius 3 is 2.90 bits per heavy atom. The second-order valence-electron chi connectivity index (χ2n) is 4.43. The van der Waals surface area contributed by atoms with E-state index in [4.69, 9.17) is 9.47 Å². The van der Waals surface area contributed by atoms with Crippen LogP contribution in [0, 0.1) is 5.82 Å². The third-order valence-electron chi connectivity index (χ3n) is 2.96. The van der Waals surface area contributed by atoms with E-state index in [-0.39, 0.29) is 11.9 Å². The number of methoxy groups -OCH3 is 2. The lowest BCUT2D eigenvalue weighted by Crippen LogP contribution is -2.13. The Morgan fingerprint density at radius 1 is 1.40 bits per heavy atom. The fourth-order valence-corrected chi connectivity index (χ4v) is 1.98. The van der Waals surface area contributed by atoms with Gasteiger partial charge in [-0.15, -0.1) is 0 Å². The highest BCUT2D eigenvalue weighted by Gasteiger charge is 2.12. The largest absolute Gasteiger partial charge is 0.494 e. The zero-order chi connectivity index (χ0) is 14.5. The number of rotatable bonds is 6. The molecular formula is C14H18FN3O2. The van der Waals surface area contributed by atoms with E-state index < -0.39 is 0 Å². The first-order valence-electron chi connectivity index (χ1n) is 6.28. The number of anilines is 2. The summed E-state index contributed by atoms with van der Waals surface area (Å²) >= 11 is 0. The van der Waals surface area contributed by atoms with Crippen LogP contribution in [0.25, 0.3) is 0 Å². The summed E-state index contributed by atoms with van der Waals surface area (Å²) in [6.45, 7) is 2.60. The SMILES string of the molecule is COCC(C)n1ccnc1Nc1ccc(F)cc1OC. The lowest BCUT2D eigenvalue weighted by molar-refractivity contribution is 0.163. The van der Waals surface area contributed by atoms with E-state index in [0.717, 1.165) is 0 Å². The van der Waals surface area contributed by atoms with E-state index in [2.05, 4.69) is 10.3 Å². The molecule has 6 heteroatoms. The van der Waals surface area contributed by atoms with Gasteiger partial charge in [0, 0.05) is 25.6 Å². The summed E-state index contributed by atoms with van der Waals surface area (Å²) in [5.41, 5.74) is 0.658. The van der Waals surface area contributed by atoms with Gasteiger partial charge in [-0.05, 0) is 19.1 Å². The van der Waals surface area contributed by atoms with Gasteiger partial charge in [0.2, 0.25) is 5.95 Å². The molecule has 1 aromatic carbocycles. The second kappa shape index (κ2) is 6.38. The molecule has 5 nitrogen and oxygen atoms in total. The van der Waals surface area contributed by atoms with Crippen LogP contribution in [-0.4, -0.2) is 30.4 Å². The molecule has 0 aliphatic rings. The predicted molar refractivity (Wildman–Crippen MR) is 75.0 cm³/mol. The number of aromatic nitrogens is 2. The van der Waals surface area contributed by atoms with Crippen molar-refractivity contribution in [2.75, 3.05) is 26.1 Å². The quantitative estimate of drug-likeness (QED) is 0.883. The lowest BCUT2D eigenvalue weighted by atomic mass is 10.3. The topological polar surface area (TPSA) is 48.3 Å². The smallest absolute Gasteiger partial charge is 0.207 e. The van der Waals surface area contributed by atoms with E-state index in [0.29, 0.717) is 24.0 Å². The van der Waals surface area contributed by atoms with Crippen LogP contribution in [0.2, 0.25) is 0 Å². The zero-order valence-electron chi connectivity index (χ0n) is 11.8. The van der Waals surface area contributed by atoms with Gasteiger partial charge in [0.1, 0.15) is 11.6 Å². The van der Waals surface area contributed by atoms with E-state index in [1.807, 2.05) is 17.7 Å². The number of halogens is 1. The number of nitrogens with zero attached hydrogens (tertiary/aromatic N) is 2. The van der Waals surface area contributed by atoms with E-state index in [1.54, 1.807) is 19.4 Å². The van der Waals surface area contributed by atoms with Gasteiger partial charge in [-0.2, -0.15) is 0 Å². The van der Waals surface area contributed by atoms with Crippen molar-refractivity contribution in [3.63, 3.8) is 0 Å². The fraction of sp³-hybridized carbons (Fsp3) is 0.357. The molecule has 1 heterocycles. The molecule has 0 saturated heterocycles. The normalized spacial score (nSPS) is 12.2. The molecule has 0 amide bonds. The molecule has 1 aromatic heterocycles. The summed E-state index contributed by atoms with van der Waals surface area (Å²) in [5, 5.41) is 3.14. The van der Waals surface area contributed by atoms with Crippen molar-refractivity contribution in [3.8, 4) is 5.75 Å². The molecule has 1 unspecified atom stereocenters. The number of hydrogen-bond donors (Lipinski definition) is 1. The first-order valence-corrected chi connectivity index (χ1v) is 6.28. The van der Waals surface area contributed by atoms with Crippen LogP contribution in [0.15, 0.2) is 30.6 Å². The number of nitrogens with one attached hydrogen (secondary N) is 1. The standard InChI is InChI=1S/C14H18FN3O2/c1-10(9-19-2)18-7-6-16-14(18)17-12-5-4-11(15)8-13(12)20-3/h4-8,10H,9H2,1-3H3,(H,16,17). The van der Waals surface area contributed by atoms with Crippen molar-refractivity contribution in [2.24, 2.45) is 0 Å². The molecule has 0 aliphatic carbocycles. The molecule has 0 fully saturated rings. The Balaban J connectivity index is 2.24. The minimum Gasteiger partial charge on any atom is -0.494 e. The molecule has 0 spiro atoms. The first kappa shape index (κ1) is 14.3. The highest BCUT2D eigenvalue weighted by Crippen LogP contribution is 2.28. The van der Waals surface area contributed by atoms with Crippen LogP contribution in [0.4, 0.5) is 16.0 Å². The number of ether oxygens (including phenoxy) is 2. The summed E-state index contributed by atoms with van der Waals surface area (Å²) in [7, 11) is 3.16. The van der Waals surface area contributed by atoms with Crippen molar-refractivity contribution in [2.45, 2.75) is 13.0 Å². The van der Waals surface area contributed by atoms with Crippen LogP contribution in [-0.2, 0) is 4.74 Å². The van der Waals surface area contributed by atoms with Crippen LogP contribution < -0.4 is 10.1 Å². The van der Waals surface area contributed by atoms with Crippen LogP contribution in [0.5, 0.6) is 5.75 Å². The molecular weight excluding hydrogens is 261 g/mol. The molecule has 2 rings (SSSR count). The lowest BCUT2D eigenvalue weighted by Gasteiger charge is -2.17. The van der Waals surface area contributed by atoms with Gasteiger partial charge in [-0.3, -0.25) is 0 Å². The Morgan fingerprint density at radius 2 is 2.20 bits per heavy atom. The maximum Gasteiger partial charge on any atom is 0.207 e. The first-order chi connectivity index (χ1) is 9.65. The monoisotopic (exact) mass is 279 g/mol. The minimum atomic E-state index is -0.344. The predicted octanol–water partition coefficient (Wildman–Crippen LogP) is 2.98. The van der Waals surface area contributed by atoms with Gasteiger partial charge in [-0.1, -0.05) is 0 Å². The van der Waals surface area contributed by atoms with Gasteiger partial charge in [-0.25, -0.2) is 9.37 Å². The molecule has 2 aromatic rings. The summed E-state index contributed by atoms with van der Waals surface area (Å²) in [6.07, 6.45) is 3.56. The van der Waals surface area contributed by atoms with Crippen molar-refractivity contribution in [1.82, 2.24) is 9.55 Å². The maximum atomic E-state index is 13.2. The highest BCUT2D eigenvalue weighted by atomic mass is 19.1. The summed E-state index contributed by atoms with van der Waals surface area (Å²) in [6, 6.07) is 4.45. The van der Waals surface area contributed by atoms with Gasteiger partial charge < -0.3 is 19.4 Å². The maximum absolute atomic E-state index is 13.2. The van der Waals surface area contributed by atoms with Crippen molar-refractivity contribution < 1.29 is 13.9 Å². The molecule has 0 aliphatic heterocycles. The third kappa shape index (κ3) is 3.08. The molecule has 0 bridgehead atoms. The Bertz CT molecular complexity index is 571. The summed E-state index contributed by atoms with van der Waals surface area (Å²) in [4.78, 5) is 4.26. The van der Waals surface area contributed by atoms with E-state index in [1.165, 1.54) is 19.2 Å².